The molecule has 1 aliphatic heterocycles. The van der Waals surface area contributed by atoms with Crippen LogP contribution in [0.25, 0.3) is 6.08 Å². The van der Waals surface area contributed by atoms with E-state index in [-0.39, 0.29) is 33.3 Å². The Morgan fingerprint density at radius 2 is 2.00 bits per heavy atom. The molecule has 120 valence electrons. The number of hydrogen-bond donors (Lipinski definition) is 0. The van der Waals surface area contributed by atoms with E-state index in [0.717, 1.165) is 28.0 Å². The number of aromatic nitrogens is 1. The Kier molecular flexibility index (Phi) is 3.71. The van der Waals surface area contributed by atoms with Crippen molar-refractivity contribution >= 4 is 23.3 Å². The van der Waals surface area contributed by atoms with Crippen molar-refractivity contribution in [2.24, 2.45) is 4.99 Å². The third kappa shape index (κ3) is 2.86. The molecule has 0 amide bonds. The highest BCUT2D eigenvalue weighted by Gasteiger charge is 2.32. The van der Waals surface area contributed by atoms with Crippen LogP contribution in [0.5, 0.6) is 0 Å². The number of fused-ring (bicyclic) bond motifs is 1. The summed E-state index contributed by atoms with van der Waals surface area (Å²) in [7, 11) is 0. The van der Waals surface area contributed by atoms with E-state index in [0.29, 0.717) is 0 Å². The summed E-state index contributed by atoms with van der Waals surface area (Å²) in [5.74, 6) is -0.382. The van der Waals surface area contributed by atoms with Gasteiger partial charge in [-0.05, 0) is 24.6 Å². The zero-order valence-corrected chi connectivity index (χ0v) is 12.7. The zero-order chi connectivity index (χ0) is 16.8. The Morgan fingerprint density at radius 1 is 1.30 bits per heavy atom. The van der Waals surface area contributed by atoms with Gasteiger partial charge in [0.2, 0.25) is 5.91 Å². The lowest BCUT2D eigenvalue weighted by Crippen LogP contribution is -2.40. The predicted octanol–water partition coefficient (Wildman–Crippen LogP) is 1.81. The summed E-state index contributed by atoms with van der Waals surface area (Å²) in [5, 5.41) is 0. The van der Waals surface area contributed by atoms with Crippen LogP contribution in [0.2, 0.25) is 0 Å². The molecule has 1 atom stereocenters. The lowest BCUT2D eigenvalue weighted by molar-refractivity contribution is -0.137. The van der Waals surface area contributed by atoms with Crippen LogP contribution in [0.4, 0.5) is 13.2 Å². The third-order valence-electron chi connectivity index (χ3n) is 3.41. The zero-order valence-electron chi connectivity index (χ0n) is 11.9. The minimum absolute atomic E-state index is 0.0582. The van der Waals surface area contributed by atoms with E-state index in [1.807, 2.05) is 0 Å². The van der Waals surface area contributed by atoms with Crippen molar-refractivity contribution in [1.82, 2.24) is 4.57 Å². The maximum absolute atomic E-state index is 13.0. The summed E-state index contributed by atoms with van der Waals surface area (Å²) < 4.78 is 40.1. The molecule has 1 aromatic carbocycles. The monoisotopic (exact) mass is 340 g/mol. The number of halogens is 3. The highest BCUT2D eigenvalue weighted by molar-refractivity contribution is 7.07. The molecule has 1 unspecified atom stereocenters. The second-order valence-corrected chi connectivity index (χ2v) is 6.20. The summed E-state index contributed by atoms with van der Waals surface area (Å²) in [4.78, 5) is 28.6. The summed E-state index contributed by atoms with van der Waals surface area (Å²) in [6.45, 7) is 1.74. The minimum Gasteiger partial charge on any atom is -0.274 e. The Balaban J connectivity index is 2.25. The van der Waals surface area contributed by atoms with Crippen molar-refractivity contribution in [3.8, 4) is 0 Å². The molecule has 0 bridgehead atoms. The number of alkyl halides is 3. The first-order valence-corrected chi connectivity index (χ1v) is 7.60. The second kappa shape index (κ2) is 5.45. The van der Waals surface area contributed by atoms with Crippen LogP contribution in [0.15, 0.2) is 34.1 Å². The van der Waals surface area contributed by atoms with Crippen LogP contribution in [0, 0.1) is 0 Å². The third-order valence-corrected chi connectivity index (χ3v) is 4.39. The first-order valence-electron chi connectivity index (χ1n) is 6.78. The number of nitrogens with zero attached hydrogens (tertiary/aromatic N) is 2. The van der Waals surface area contributed by atoms with E-state index in [1.54, 1.807) is 6.92 Å². The summed E-state index contributed by atoms with van der Waals surface area (Å²) in [6, 6.07) is 4.74. The molecule has 1 aromatic heterocycles. The first kappa shape index (κ1) is 15.7. The Labute approximate surface area is 132 Å². The highest BCUT2D eigenvalue weighted by Crippen LogP contribution is 2.32. The molecule has 0 saturated carbocycles. The van der Waals surface area contributed by atoms with E-state index in [2.05, 4.69) is 4.99 Å². The van der Waals surface area contributed by atoms with Crippen molar-refractivity contribution in [3.63, 3.8) is 0 Å². The smallest absolute Gasteiger partial charge is 0.274 e. The van der Waals surface area contributed by atoms with Crippen LogP contribution in [0.3, 0.4) is 0 Å². The van der Waals surface area contributed by atoms with Crippen molar-refractivity contribution in [3.05, 3.63) is 55.1 Å². The number of carbonyl (C=O) groups excluding carboxylic acids is 1. The molecule has 4 nitrogen and oxygen atoms in total. The number of benzene rings is 1. The van der Waals surface area contributed by atoms with Gasteiger partial charge in [0.05, 0.1) is 16.1 Å². The first-order chi connectivity index (χ1) is 10.8. The minimum atomic E-state index is -4.52. The number of rotatable bonds is 1. The summed E-state index contributed by atoms with van der Waals surface area (Å²) in [6.07, 6.45) is -3.24. The fourth-order valence-corrected chi connectivity index (χ4v) is 3.45. The maximum atomic E-state index is 13.0. The molecule has 1 aliphatic rings. The van der Waals surface area contributed by atoms with Crippen LogP contribution in [-0.2, 0) is 6.18 Å². The van der Waals surface area contributed by atoms with Crippen LogP contribution < -0.4 is 14.9 Å². The van der Waals surface area contributed by atoms with Gasteiger partial charge in [0.1, 0.15) is 0 Å². The Hall–Kier alpha value is -2.22. The molecule has 0 aliphatic carbocycles. The van der Waals surface area contributed by atoms with Crippen molar-refractivity contribution in [2.45, 2.75) is 25.6 Å². The van der Waals surface area contributed by atoms with Gasteiger partial charge in [-0.1, -0.05) is 29.5 Å². The van der Waals surface area contributed by atoms with Gasteiger partial charge >= 0.3 is 6.18 Å². The second-order valence-electron chi connectivity index (χ2n) is 5.19. The SMILES string of the molecule is CC1CC(=O)n2c(sc(=Cc3ccccc3C(F)(F)F)c2=O)=N1. The molecule has 23 heavy (non-hydrogen) atoms. The molecule has 0 saturated heterocycles. The molecule has 0 spiro atoms. The largest absolute Gasteiger partial charge is 0.416 e. The molecule has 0 radical (unpaired) electrons. The standard InChI is InChI=1S/C15H11F3N2O2S/c1-8-6-12(21)20-13(22)11(23-14(20)19-8)7-9-4-2-3-5-10(9)15(16,17)18/h2-5,7-8H,6H2,1H3. The van der Waals surface area contributed by atoms with Gasteiger partial charge in [0.25, 0.3) is 5.56 Å². The van der Waals surface area contributed by atoms with Crippen LogP contribution in [-0.4, -0.2) is 16.5 Å². The topological polar surface area (TPSA) is 51.4 Å². The number of carbonyl (C=O) groups is 1. The average molecular weight is 340 g/mol. The Bertz CT molecular complexity index is 956. The van der Waals surface area contributed by atoms with Gasteiger partial charge in [-0.2, -0.15) is 13.2 Å². The fraction of sp³-hybridized carbons (Fsp3) is 0.267. The lowest BCUT2D eigenvalue weighted by atomic mass is 10.1. The molecule has 3 rings (SSSR count). The molecule has 0 fully saturated rings. The molecule has 8 heteroatoms. The number of thiazole rings is 1. The van der Waals surface area contributed by atoms with Gasteiger partial charge < -0.3 is 0 Å². The quantitative estimate of drug-likeness (QED) is 0.795. The molecule has 2 aromatic rings. The van der Waals surface area contributed by atoms with Crippen molar-refractivity contribution < 1.29 is 18.0 Å². The summed E-state index contributed by atoms with van der Waals surface area (Å²) >= 11 is 0.924. The van der Waals surface area contributed by atoms with E-state index in [4.69, 9.17) is 0 Å². The Morgan fingerprint density at radius 3 is 2.70 bits per heavy atom. The van der Waals surface area contributed by atoms with E-state index in [1.165, 1.54) is 18.2 Å². The van der Waals surface area contributed by atoms with Gasteiger partial charge in [-0.25, -0.2) is 4.57 Å². The molecular formula is C15H11F3N2O2S. The average Bonchev–Trinajstić information content (AvgIpc) is 2.74. The number of hydrogen-bond acceptors (Lipinski definition) is 4. The lowest BCUT2D eigenvalue weighted by Gasteiger charge is -2.09. The van der Waals surface area contributed by atoms with Crippen molar-refractivity contribution in [1.29, 1.82) is 0 Å². The van der Waals surface area contributed by atoms with Gasteiger partial charge in [-0.15, -0.1) is 0 Å². The molecule has 2 heterocycles. The maximum Gasteiger partial charge on any atom is 0.416 e. The van der Waals surface area contributed by atoms with Gasteiger partial charge in [0.15, 0.2) is 4.80 Å². The van der Waals surface area contributed by atoms with E-state index in [9.17, 15) is 22.8 Å². The molecule has 0 N–H and O–H groups in total. The molecular weight excluding hydrogens is 329 g/mol. The van der Waals surface area contributed by atoms with Gasteiger partial charge in [-0.3, -0.25) is 14.6 Å². The van der Waals surface area contributed by atoms with Crippen LogP contribution >= 0.6 is 11.3 Å². The highest BCUT2D eigenvalue weighted by atomic mass is 32.1. The van der Waals surface area contributed by atoms with Gasteiger partial charge in [0, 0.05) is 6.42 Å². The van der Waals surface area contributed by atoms with Crippen LogP contribution in [0.1, 0.15) is 29.3 Å². The van der Waals surface area contributed by atoms with E-state index < -0.39 is 17.3 Å². The summed E-state index contributed by atoms with van der Waals surface area (Å²) in [5.41, 5.74) is -1.56. The predicted molar refractivity (Wildman–Crippen MR) is 79.1 cm³/mol. The van der Waals surface area contributed by atoms with E-state index >= 15 is 0 Å². The normalized spacial score (nSPS) is 18.7. The van der Waals surface area contributed by atoms with Crippen molar-refractivity contribution in [2.75, 3.05) is 0 Å². The fourth-order valence-electron chi connectivity index (χ4n) is 2.38.